The second-order valence-corrected chi connectivity index (χ2v) is 6.44. The van der Waals surface area contributed by atoms with Crippen LogP contribution in [0.2, 0.25) is 0 Å². The van der Waals surface area contributed by atoms with Gasteiger partial charge in [0.05, 0.1) is 11.3 Å². The number of carbonyl (C=O) groups excluding carboxylic acids is 2. The van der Waals surface area contributed by atoms with E-state index in [9.17, 15) is 9.59 Å². The average molecular weight is 374 g/mol. The van der Waals surface area contributed by atoms with Gasteiger partial charge in [-0.05, 0) is 49.1 Å². The largest absolute Gasteiger partial charge is 0.399 e. The molecule has 1 fully saturated rings. The van der Waals surface area contributed by atoms with Crippen LogP contribution in [0.1, 0.15) is 28.8 Å². The van der Waals surface area contributed by atoms with Gasteiger partial charge in [0.15, 0.2) is 0 Å². The lowest BCUT2D eigenvalue weighted by atomic mass is 10.1. The van der Waals surface area contributed by atoms with Crippen LogP contribution in [-0.4, -0.2) is 25.4 Å². The fourth-order valence-electron chi connectivity index (χ4n) is 2.78. The quantitative estimate of drug-likeness (QED) is 0.764. The SMILES string of the molecule is CN(C(=O)C1CC1)c1ccccc1C(=O)NCCc1ccc(N)cc1.Cl. The highest BCUT2D eigenvalue weighted by Crippen LogP contribution is 2.33. The molecule has 26 heavy (non-hydrogen) atoms. The predicted molar refractivity (Wildman–Crippen MR) is 107 cm³/mol. The summed E-state index contributed by atoms with van der Waals surface area (Å²) in [5, 5.41) is 2.93. The predicted octanol–water partition coefficient (Wildman–Crippen LogP) is 3.04. The summed E-state index contributed by atoms with van der Waals surface area (Å²) in [6.45, 7) is 0.525. The maximum atomic E-state index is 12.6. The molecule has 138 valence electrons. The number of halogens is 1. The molecule has 0 aromatic heterocycles. The number of nitrogens with one attached hydrogen (secondary N) is 1. The van der Waals surface area contributed by atoms with Crippen molar-refractivity contribution in [1.29, 1.82) is 0 Å². The minimum Gasteiger partial charge on any atom is -0.399 e. The van der Waals surface area contributed by atoms with E-state index in [1.807, 2.05) is 42.5 Å². The minimum absolute atomic E-state index is 0. The van der Waals surface area contributed by atoms with E-state index >= 15 is 0 Å². The van der Waals surface area contributed by atoms with E-state index in [0.29, 0.717) is 17.8 Å². The lowest BCUT2D eigenvalue weighted by Crippen LogP contribution is -2.32. The summed E-state index contributed by atoms with van der Waals surface area (Å²) in [6.07, 6.45) is 2.61. The van der Waals surface area contributed by atoms with Gasteiger partial charge < -0.3 is 16.0 Å². The smallest absolute Gasteiger partial charge is 0.253 e. The standard InChI is InChI=1S/C20H23N3O2.ClH/c1-23(20(25)15-8-9-15)18-5-3-2-4-17(18)19(24)22-13-12-14-6-10-16(21)11-7-14;/h2-7,10-11,15H,8-9,12-13,21H2,1H3,(H,22,24);1H. The molecule has 0 heterocycles. The lowest BCUT2D eigenvalue weighted by Gasteiger charge is -2.20. The Morgan fingerprint density at radius 3 is 2.42 bits per heavy atom. The Balaban J connectivity index is 0.00000243. The van der Waals surface area contributed by atoms with Crippen molar-refractivity contribution < 1.29 is 9.59 Å². The van der Waals surface area contributed by atoms with Crippen molar-refractivity contribution in [2.75, 3.05) is 24.2 Å². The molecule has 0 unspecified atom stereocenters. The molecule has 0 saturated heterocycles. The summed E-state index contributed by atoms with van der Waals surface area (Å²) < 4.78 is 0. The number of rotatable bonds is 6. The fraction of sp³-hybridized carbons (Fsp3) is 0.300. The van der Waals surface area contributed by atoms with Gasteiger partial charge >= 0.3 is 0 Å². The first-order valence-corrected chi connectivity index (χ1v) is 8.55. The van der Waals surface area contributed by atoms with Crippen molar-refractivity contribution in [2.45, 2.75) is 19.3 Å². The molecule has 2 aromatic rings. The van der Waals surface area contributed by atoms with Gasteiger partial charge in [0.25, 0.3) is 5.91 Å². The number of anilines is 2. The molecule has 2 amide bonds. The molecule has 1 aliphatic carbocycles. The minimum atomic E-state index is -0.165. The van der Waals surface area contributed by atoms with Gasteiger partial charge in [-0.1, -0.05) is 24.3 Å². The Kier molecular flexibility index (Phi) is 6.64. The molecule has 3 rings (SSSR count). The average Bonchev–Trinajstić information content (AvgIpc) is 3.47. The van der Waals surface area contributed by atoms with Gasteiger partial charge in [-0.25, -0.2) is 0 Å². The molecule has 0 atom stereocenters. The van der Waals surface area contributed by atoms with Gasteiger partial charge in [0.1, 0.15) is 0 Å². The van der Waals surface area contributed by atoms with Gasteiger partial charge in [-0.2, -0.15) is 0 Å². The monoisotopic (exact) mass is 373 g/mol. The number of amides is 2. The molecule has 2 aromatic carbocycles. The van der Waals surface area contributed by atoms with Crippen molar-refractivity contribution in [3.8, 4) is 0 Å². The molecule has 0 aliphatic heterocycles. The van der Waals surface area contributed by atoms with Crippen LogP contribution in [0.3, 0.4) is 0 Å². The van der Waals surface area contributed by atoms with Crippen LogP contribution in [0.5, 0.6) is 0 Å². The highest BCUT2D eigenvalue weighted by atomic mass is 35.5. The van der Waals surface area contributed by atoms with Crippen LogP contribution >= 0.6 is 12.4 Å². The third kappa shape index (κ3) is 4.76. The molecule has 3 N–H and O–H groups in total. The second kappa shape index (κ2) is 8.72. The van der Waals surface area contributed by atoms with E-state index in [1.165, 1.54) is 0 Å². The highest BCUT2D eigenvalue weighted by molar-refractivity contribution is 6.05. The molecule has 0 bridgehead atoms. The van der Waals surface area contributed by atoms with Crippen molar-refractivity contribution in [1.82, 2.24) is 5.32 Å². The number of nitrogen functional groups attached to an aromatic ring is 1. The number of hydrogen-bond acceptors (Lipinski definition) is 3. The summed E-state index contributed by atoms with van der Waals surface area (Å²) in [4.78, 5) is 26.4. The first-order chi connectivity index (χ1) is 12.1. The molecular weight excluding hydrogens is 350 g/mol. The van der Waals surface area contributed by atoms with E-state index in [4.69, 9.17) is 5.73 Å². The number of nitrogens with two attached hydrogens (primary N) is 1. The maximum Gasteiger partial charge on any atom is 0.253 e. The lowest BCUT2D eigenvalue weighted by molar-refractivity contribution is -0.119. The Hall–Kier alpha value is -2.53. The Labute approximate surface area is 160 Å². The maximum absolute atomic E-state index is 12.6. The van der Waals surface area contributed by atoms with Crippen molar-refractivity contribution in [2.24, 2.45) is 5.92 Å². The van der Waals surface area contributed by atoms with Crippen molar-refractivity contribution >= 4 is 35.6 Å². The van der Waals surface area contributed by atoms with Crippen LogP contribution in [0, 0.1) is 5.92 Å². The molecule has 6 heteroatoms. The van der Waals surface area contributed by atoms with Crippen LogP contribution in [0.15, 0.2) is 48.5 Å². The van der Waals surface area contributed by atoms with Gasteiger partial charge in [-0.15, -0.1) is 12.4 Å². The Bertz CT molecular complexity index is 773. The normalized spacial score (nSPS) is 12.8. The molecule has 1 saturated carbocycles. The Morgan fingerprint density at radius 1 is 1.12 bits per heavy atom. The van der Waals surface area contributed by atoms with E-state index in [1.54, 1.807) is 18.0 Å². The number of carbonyl (C=O) groups is 2. The van der Waals surface area contributed by atoms with E-state index in [2.05, 4.69) is 5.32 Å². The van der Waals surface area contributed by atoms with E-state index in [-0.39, 0.29) is 30.1 Å². The summed E-state index contributed by atoms with van der Waals surface area (Å²) in [5.74, 6) is 0.0373. The molecule has 1 aliphatic rings. The topological polar surface area (TPSA) is 75.4 Å². The van der Waals surface area contributed by atoms with E-state index < -0.39 is 0 Å². The summed E-state index contributed by atoms with van der Waals surface area (Å²) in [5.41, 5.74) is 8.70. The zero-order chi connectivity index (χ0) is 17.8. The summed E-state index contributed by atoms with van der Waals surface area (Å²) in [7, 11) is 1.74. The van der Waals surface area contributed by atoms with Crippen molar-refractivity contribution in [3.05, 3.63) is 59.7 Å². The van der Waals surface area contributed by atoms with Crippen LogP contribution in [0.4, 0.5) is 11.4 Å². The molecule has 0 spiro atoms. The first kappa shape index (κ1) is 19.8. The van der Waals surface area contributed by atoms with Crippen LogP contribution < -0.4 is 16.0 Å². The van der Waals surface area contributed by atoms with Crippen LogP contribution in [-0.2, 0) is 11.2 Å². The summed E-state index contributed by atoms with van der Waals surface area (Å²) in [6, 6.07) is 14.8. The van der Waals surface area contributed by atoms with Gasteiger partial charge in [0, 0.05) is 25.2 Å². The van der Waals surface area contributed by atoms with E-state index in [0.717, 1.165) is 30.5 Å². The third-order valence-corrected chi connectivity index (χ3v) is 4.45. The number of nitrogens with zero attached hydrogens (tertiary/aromatic N) is 1. The van der Waals surface area contributed by atoms with Crippen LogP contribution in [0.25, 0.3) is 0 Å². The zero-order valence-electron chi connectivity index (χ0n) is 14.8. The van der Waals surface area contributed by atoms with Crippen molar-refractivity contribution in [3.63, 3.8) is 0 Å². The Morgan fingerprint density at radius 2 is 1.77 bits per heavy atom. The number of hydrogen-bond donors (Lipinski definition) is 2. The second-order valence-electron chi connectivity index (χ2n) is 6.44. The van der Waals surface area contributed by atoms with Gasteiger partial charge in [0.2, 0.25) is 5.91 Å². The number of benzene rings is 2. The number of para-hydroxylation sites is 1. The molecule has 5 nitrogen and oxygen atoms in total. The highest BCUT2D eigenvalue weighted by Gasteiger charge is 2.33. The van der Waals surface area contributed by atoms with Gasteiger partial charge in [-0.3, -0.25) is 9.59 Å². The first-order valence-electron chi connectivity index (χ1n) is 8.55. The molecular formula is C20H24ClN3O2. The summed E-state index contributed by atoms with van der Waals surface area (Å²) >= 11 is 0. The molecule has 0 radical (unpaired) electrons. The zero-order valence-corrected chi connectivity index (χ0v) is 15.6. The fourth-order valence-corrected chi connectivity index (χ4v) is 2.78. The third-order valence-electron chi connectivity index (χ3n) is 4.45.